The monoisotopic (exact) mass is 521 g/mol. The zero-order valence-corrected chi connectivity index (χ0v) is 23.9. The van der Waals surface area contributed by atoms with E-state index in [0.29, 0.717) is 5.56 Å². The van der Waals surface area contributed by atoms with Gasteiger partial charge in [0.2, 0.25) is 5.91 Å². The number of unbranched alkanes of at least 4 members (excludes halogenated alkanes) is 13. The summed E-state index contributed by atoms with van der Waals surface area (Å²) in [5.74, 6) is -0.114. The van der Waals surface area contributed by atoms with Crippen LogP contribution in [0, 0.1) is 0 Å². The van der Waals surface area contributed by atoms with Crippen LogP contribution in [0.25, 0.3) is 0 Å². The molecule has 1 unspecified atom stereocenters. The molecule has 0 saturated heterocycles. The molecule has 2 rings (SSSR count). The molecule has 2 aromatic carbocycles. The van der Waals surface area contributed by atoms with Gasteiger partial charge in [-0.2, -0.15) is 0 Å². The Balaban J connectivity index is 1.45. The summed E-state index contributed by atoms with van der Waals surface area (Å²) in [6.07, 6.45) is 18.7. The topological polar surface area (TPSA) is 70.2 Å². The van der Waals surface area contributed by atoms with Crippen molar-refractivity contribution in [2.75, 3.05) is 18.4 Å². The number of rotatable bonds is 21. The molecule has 0 heterocycles. The molecule has 2 aromatic rings. The second kappa shape index (κ2) is 20.2. The standard InChI is InChI=1S/C33H51N3O2/c1-3-4-5-6-7-8-9-10-11-12-13-14-15-19-26-34-32(37)27-35-31-24-22-30(23-25-31)33(38)36-28(2)29-20-17-16-18-21-29/h16-18,20-25,28,35H,3-15,19,26-27H2,1-2H3,(H,34,37)(H,36,38). The van der Waals surface area contributed by atoms with Gasteiger partial charge in [-0.25, -0.2) is 0 Å². The largest absolute Gasteiger partial charge is 0.376 e. The van der Waals surface area contributed by atoms with E-state index in [0.717, 1.165) is 24.2 Å². The van der Waals surface area contributed by atoms with Crippen molar-refractivity contribution in [3.05, 3.63) is 65.7 Å². The number of carbonyl (C=O) groups is 2. The van der Waals surface area contributed by atoms with Crippen LogP contribution in [-0.2, 0) is 4.79 Å². The average Bonchev–Trinajstić information content (AvgIpc) is 2.94. The third-order valence-corrected chi connectivity index (χ3v) is 7.10. The van der Waals surface area contributed by atoms with E-state index in [2.05, 4.69) is 22.9 Å². The molecule has 38 heavy (non-hydrogen) atoms. The fourth-order valence-electron chi connectivity index (χ4n) is 4.64. The Bertz CT molecular complexity index is 883. The molecular formula is C33H51N3O2. The summed E-state index contributed by atoms with van der Waals surface area (Å²) in [4.78, 5) is 24.7. The smallest absolute Gasteiger partial charge is 0.251 e. The van der Waals surface area contributed by atoms with E-state index in [-0.39, 0.29) is 24.4 Å². The van der Waals surface area contributed by atoms with Gasteiger partial charge in [0.25, 0.3) is 5.91 Å². The highest BCUT2D eigenvalue weighted by atomic mass is 16.2. The molecule has 0 fully saturated rings. The first-order valence-corrected chi connectivity index (χ1v) is 15.1. The molecule has 0 radical (unpaired) electrons. The van der Waals surface area contributed by atoms with Gasteiger partial charge in [0.15, 0.2) is 0 Å². The summed E-state index contributed by atoms with van der Waals surface area (Å²) in [6.45, 7) is 5.21. The number of anilines is 1. The van der Waals surface area contributed by atoms with Gasteiger partial charge < -0.3 is 16.0 Å². The Morgan fingerprint density at radius 3 is 1.76 bits per heavy atom. The number of benzene rings is 2. The van der Waals surface area contributed by atoms with Crippen molar-refractivity contribution in [1.82, 2.24) is 10.6 Å². The number of carbonyl (C=O) groups excluding carboxylic acids is 2. The van der Waals surface area contributed by atoms with Gasteiger partial charge in [-0.3, -0.25) is 9.59 Å². The first kappa shape index (κ1) is 31.4. The van der Waals surface area contributed by atoms with Crippen molar-refractivity contribution in [3.8, 4) is 0 Å². The van der Waals surface area contributed by atoms with Crippen molar-refractivity contribution in [2.24, 2.45) is 0 Å². The van der Waals surface area contributed by atoms with Crippen molar-refractivity contribution in [1.29, 1.82) is 0 Å². The molecule has 1 atom stereocenters. The van der Waals surface area contributed by atoms with Crippen LogP contribution in [-0.4, -0.2) is 24.9 Å². The van der Waals surface area contributed by atoms with Crippen LogP contribution in [0.4, 0.5) is 5.69 Å². The summed E-state index contributed by atoms with van der Waals surface area (Å²) in [7, 11) is 0. The van der Waals surface area contributed by atoms with Crippen LogP contribution in [0.15, 0.2) is 54.6 Å². The fourth-order valence-corrected chi connectivity index (χ4v) is 4.64. The first-order valence-electron chi connectivity index (χ1n) is 15.1. The van der Waals surface area contributed by atoms with Gasteiger partial charge in [0, 0.05) is 17.8 Å². The molecule has 5 heteroatoms. The van der Waals surface area contributed by atoms with Gasteiger partial charge in [0.1, 0.15) is 0 Å². The van der Waals surface area contributed by atoms with Crippen molar-refractivity contribution < 1.29 is 9.59 Å². The summed E-state index contributed by atoms with van der Waals surface area (Å²) >= 11 is 0. The number of hydrogen-bond donors (Lipinski definition) is 3. The Morgan fingerprint density at radius 1 is 0.684 bits per heavy atom. The van der Waals surface area contributed by atoms with Crippen LogP contribution in [0.1, 0.15) is 126 Å². The average molecular weight is 522 g/mol. The second-order valence-corrected chi connectivity index (χ2v) is 10.5. The number of nitrogens with one attached hydrogen (secondary N) is 3. The van der Waals surface area contributed by atoms with E-state index in [1.54, 1.807) is 12.1 Å². The van der Waals surface area contributed by atoms with Crippen LogP contribution in [0.3, 0.4) is 0 Å². The quantitative estimate of drug-likeness (QED) is 0.145. The van der Waals surface area contributed by atoms with Crippen molar-refractivity contribution in [3.63, 3.8) is 0 Å². The lowest BCUT2D eigenvalue weighted by Gasteiger charge is -2.14. The maximum Gasteiger partial charge on any atom is 0.251 e. The molecule has 0 aromatic heterocycles. The van der Waals surface area contributed by atoms with E-state index in [1.807, 2.05) is 49.4 Å². The summed E-state index contributed by atoms with van der Waals surface area (Å²) < 4.78 is 0. The molecule has 0 bridgehead atoms. The highest BCUT2D eigenvalue weighted by Crippen LogP contribution is 2.15. The molecule has 5 nitrogen and oxygen atoms in total. The summed E-state index contributed by atoms with van der Waals surface area (Å²) in [5.41, 5.74) is 2.49. The SMILES string of the molecule is CCCCCCCCCCCCCCCCNC(=O)CNc1ccc(C(=O)NC(C)c2ccccc2)cc1. The minimum Gasteiger partial charge on any atom is -0.376 e. The van der Waals surface area contributed by atoms with Crippen LogP contribution < -0.4 is 16.0 Å². The molecule has 0 aliphatic heterocycles. The molecule has 3 N–H and O–H groups in total. The van der Waals surface area contributed by atoms with Gasteiger partial charge in [-0.1, -0.05) is 121 Å². The molecule has 0 saturated carbocycles. The maximum atomic E-state index is 12.5. The predicted molar refractivity (Wildman–Crippen MR) is 161 cm³/mol. The second-order valence-electron chi connectivity index (χ2n) is 10.5. The lowest BCUT2D eigenvalue weighted by molar-refractivity contribution is -0.119. The lowest BCUT2D eigenvalue weighted by Crippen LogP contribution is -2.30. The van der Waals surface area contributed by atoms with Gasteiger partial charge in [-0.15, -0.1) is 0 Å². The van der Waals surface area contributed by atoms with Crippen LogP contribution >= 0.6 is 0 Å². The van der Waals surface area contributed by atoms with E-state index in [9.17, 15) is 9.59 Å². The zero-order chi connectivity index (χ0) is 27.3. The third-order valence-electron chi connectivity index (χ3n) is 7.10. The Labute approximate surface area is 231 Å². The van der Waals surface area contributed by atoms with Crippen LogP contribution in [0.5, 0.6) is 0 Å². The minimum atomic E-state index is -0.112. The predicted octanol–water partition coefficient (Wildman–Crippen LogP) is 8.19. The van der Waals surface area contributed by atoms with Crippen molar-refractivity contribution >= 4 is 17.5 Å². The minimum absolute atomic E-state index is 0.00167. The van der Waals surface area contributed by atoms with Gasteiger partial charge in [0.05, 0.1) is 12.6 Å². The molecule has 2 amide bonds. The Kier molecular flexibility index (Phi) is 16.7. The number of hydrogen-bond acceptors (Lipinski definition) is 3. The van der Waals surface area contributed by atoms with Gasteiger partial charge in [-0.05, 0) is 43.2 Å². The molecule has 0 spiro atoms. The van der Waals surface area contributed by atoms with E-state index in [1.165, 1.54) is 83.5 Å². The Hall–Kier alpha value is -2.82. The molecule has 210 valence electrons. The molecule has 0 aliphatic carbocycles. The van der Waals surface area contributed by atoms with E-state index >= 15 is 0 Å². The summed E-state index contributed by atoms with van der Waals surface area (Å²) in [6, 6.07) is 17.1. The summed E-state index contributed by atoms with van der Waals surface area (Å²) in [5, 5.41) is 9.15. The fraction of sp³-hybridized carbons (Fsp3) is 0.576. The Morgan fingerprint density at radius 2 is 1.21 bits per heavy atom. The zero-order valence-electron chi connectivity index (χ0n) is 23.9. The normalized spacial score (nSPS) is 11.6. The lowest BCUT2D eigenvalue weighted by atomic mass is 10.0. The van der Waals surface area contributed by atoms with Crippen LogP contribution in [0.2, 0.25) is 0 Å². The molecular weight excluding hydrogens is 470 g/mol. The maximum absolute atomic E-state index is 12.5. The highest BCUT2D eigenvalue weighted by molar-refractivity contribution is 5.94. The van der Waals surface area contributed by atoms with E-state index < -0.39 is 0 Å². The van der Waals surface area contributed by atoms with E-state index in [4.69, 9.17) is 0 Å². The highest BCUT2D eigenvalue weighted by Gasteiger charge is 2.11. The van der Waals surface area contributed by atoms with Gasteiger partial charge >= 0.3 is 0 Å². The third kappa shape index (κ3) is 14.2. The van der Waals surface area contributed by atoms with Crippen molar-refractivity contribution in [2.45, 2.75) is 110 Å². The first-order chi connectivity index (χ1) is 18.6. The number of amides is 2. The molecule has 0 aliphatic rings.